The summed E-state index contributed by atoms with van der Waals surface area (Å²) in [7, 11) is 0. The molecule has 0 saturated heterocycles. The molecule has 0 aliphatic rings. The van der Waals surface area contributed by atoms with Crippen LogP contribution in [0.4, 0.5) is 0 Å². The van der Waals surface area contributed by atoms with Crippen LogP contribution in [0.5, 0.6) is 0 Å². The third-order valence-electron chi connectivity index (χ3n) is 1.83. The van der Waals surface area contributed by atoms with Crippen molar-refractivity contribution in [3.8, 4) is 11.4 Å². The van der Waals surface area contributed by atoms with E-state index in [0.29, 0.717) is 11.7 Å². The molecule has 0 aliphatic heterocycles. The van der Waals surface area contributed by atoms with Crippen LogP contribution in [0.25, 0.3) is 11.4 Å². The van der Waals surface area contributed by atoms with Crippen molar-refractivity contribution in [2.45, 2.75) is 13.3 Å². The molecule has 0 amide bonds. The van der Waals surface area contributed by atoms with Gasteiger partial charge in [0.2, 0.25) is 11.7 Å². The molecule has 2 heterocycles. The molecule has 0 N–H and O–H groups in total. The molecule has 16 heavy (non-hydrogen) atoms. The summed E-state index contributed by atoms with van der Waals surface area (Å²) in [4.78, 5) is 19.0. The maximum Gasteiger partial charge on any atom is 0.234 e. The van der Waals surface area contributed by atoms with Gasteiger partial charge in [0.1, 0.15) is 5.78 Å². The van der Waals surface area contributed by atoms with E-state index < -0.39 is 0 Å². The van der Waals surface area contributed by atoms with Crippen molar-refractivity contribution in [2.75, 3.05) is 0 Å². The minimum Gasteiger partial charge on any atom is -0.338 e. The number of halogens is 1. The molecule has 6 heteroatoms. The molecule has 0 spiro atoms. The minimum absolute atomic E-state index is 0.0115. The third kappa shape index (κ3) is 2.52. The number of rotatable bonds is 3. The van der Waals surface area contributed by atoms with E-state index in [4.69, 9.17) is 4.52 Å². The molecular weight excluding hydrogens is 274 g/mol. The van der Waals surface area contributed by atoms with Gasteiger partial charge < -0.3 is 4.52 Å². The summed E-state index contributed by atoms with van der Waals surface area (Å²) in [6.07, 6.45) is 3.46. The summed E-state index contributed by atoms with van der Waals surface area (Å²) in [6, 6.07) is 1.83. The molecule has 0 unspecified atom stereocenters. The van der Waals surface area contributed by atoms with Gasteiger partial charge in [-0.3, -0.25) is 9.78 Å². The topological polar surface area (TPSA) is 68.9 Å². The number of hydrogen-bond acceptors (Lipinski definition) is 5. The Kier molecular flexibility index (Phi) is 3.09. The van der Waals surface area contributed by atoms with Gasteiger partial charge in [-0.15, -0.1) is 0 Å². The quantitative estimate of drug-likeness (QED) is 0.861. The summed E-state index contributed by atoms with van der Waals surface area (Å²) in [5.41, 5.74) is 0.743. The third-order valence-corrected chi connectivity index (χ3v) is 2.27. The number of pyridine rings is 1. The van der Waals surface area contributed by atoms with Gasteiger partial charge >= 0.3 is 0 Å². The van der Waals surface area contributed by atoms with Gasteiger partial charge in [-0.1, -0.05) is 5.16 Å². The number of aromatic nitrogens is 3. The van der Waals surface area contributed by atoms with Gasteiger partial charge in [-0.2, -0.15) is 4.98 Å². The first kappa shape index (κ1) is 10.9. The molecular formula is C10H8BrN3O2. The highest BCUT2D eigenvalue weighted by atomic mass is 79.9. The molecule has 0 bridgehead atoms. The van der Waals surface area contributed by atoms with Crippen molar-refractivity contribution in [3.63, 3.8) is 0 Å². The monoisotopic (exact) mass is 281 g/mol. The van der Waals surface area contributed by atoms with Crippen molar-refractivity contribution in [3.05, 3.63) is 28.8 Å². The first-order chi connectivity index (χ1) is 7.65. The molecule has 0 aliphatic carbocycles. The highest BCUT2D eigenvalue weighted by molar-refractivity contribution is 9.10. The number of carbonyl (C=O) groups is 1. The zero-order chi connectivity index (χ0) is 11.5. The standard InChI is InChI=1S/C10H8BrN3O2/c1-6(15)2-9-13-10(14-16-9)7-3-8(11)5-12-4-7/h3-5H,2H2,1H3. The molecule has 0 aromatic carbocycles. The summed E-state index contributed by atoms with van der Waals surface area (Å²) in [6.45, 7) is 1.48. The fourth-order valence-corrected chi connectivity index (χ4v) is 1.56. The van der Waals surface area contributed by atoms with Crippen LogP contribution in [0, 0.1) is 0 Å². The molecule has 0 atom stereocenters. The number of ketones is 1. The van der Waals surface area contributed by atoms with Gasteiger partial charge in [0.25, 0.3) is 0 Å². The molecule has 0 fully saturated rings. The predicted molar refractivity (Wildman–Crippen MR) is 59.6 cm³/mol. The van der Waals surface area contributed by atoms with Crippen LogP contribution in [0.3, 0.4) is 0 Å². The maximum absolute atomic E-state index is 10.9. The Bertz CT molecular complexity index is 524. The van der Waals surface area contributed by atoms with Crippen molar-refractivity contribution >= 4 is 21.7 Å². The summed E-state index contributed by atoms with van der Waals surface area (Å²) in [5, 5.41) is 3.78. The number of nitrogens with zero attached hydrogens (tertiary/aromatic N) is 3. The normalized spacial score (nSPS) is 10.4. The lowest BCUT2D eigenvalue weighted by Crippen LogP contribution is -1.96. The lowest BCUT2D eigenvalue weighted by Gasteiger charge is -1.93. The van der Waals surface area contributed by atoms with Gasteiger partial charge in [-0.25, -0.2) is 0 Å². The lowest BCUT2D eigenvalue weighted by molar-refractivity contribution is -0.116. The summed E-state index contributed by atoms with van der Waals surface area (Å²) in [5.74, 6) is 0.745. The minimum atomic E-state index is -0.0115. The molecule has 2 aromatic heterocycles. The van der Waals surface area contributed by atoms with Crippen LogP contribution in [-0.4, -0.2) is 20.9 Å². The Morgan fingerprint density at radius 1 is 1.50 bits per heavy atom. The summed E-state index contributed by atoms with van der Waals surface area (Å²) >= 11 is 3.30. The Hall–Kier alpha value is -1.56. The fourth-order valence-electron chi connectivity index (χ4n) is 1.19. The first-order valence-electron chi connectivity index (χ1n) is 4.58. The first-order valence-corrected chi connectivity index (χ1v) is 5.37. The second-order valence-corrected chi connectivity index (χ2v) is 4.20. The van der Waals surface area contributed by atoms with Crippen molar-refractivity contribution in [1.82, 2.24) is 15.1 Å². The van der Waals surface area contributed by atoms with Crippen LogP contribution >= 0.6 is 15.9 Å². The Labute approximate surface area is 100 Å². The van der Waals surface area contributed by atoms with E-state index in [-0.39, 0.29) is 12.2 Å². The van der Waals surface area contributed by atoms with E-state index in [1.165, 1.54) is 6.92 Å². The molecule has 0 radical (unpaired) electrons. The van der Waals surface area contributed by atoms with Gasteiger partial charge in [-0.05, 0) is 28.9 Å². The van der Waals surface area contributed by atoms with E-state index in [1.54, 1.807) is 12.4 Å². The largest absolute Gasteiger partial charge is 0.338 e. The smallest absolute Gasteiger partial charge is 0.234 e. The molecule has 5 nitrogen and oxygen atoms in total. The van der Waals surface area contributed by atoms with E-state index in [2.05, 4.69) is 31.1 Å². The van der Waals surface area contributed by atoms with E-state index in [0.717, 1.165) is 10.0 Å². The van der Waals surface area contributed by atoms with Crippen molar-refractivity contribution in [1.29, 1.82) is 0 Å². The summed E-state index contributed by atoms with van der Waals surface area (Å²) < 4.78 is 5.78. The lowest BCUT2D eigenvalue weighted by atomic mass is 10.3. The Morgan fingerprint density at radius 3 is 3.00 bits per heavy atom. The van der Waals surface area contributed by atoms with Crippen LogP contribution < -0.4 is 0 Å². The van der Waals surface area contributed by atoms with Gasteiger partial charge in [0.15, 0.2) is 0 Å². The van der Waals surface area contributed by atoms with E-state index >= 15 is 0 Å². The average Bonchev–Trinajstić information content (AvgIpc) is 2.65. The van der Waals surface area contributed by atoms with Crippen molar-refractivity contribution in [2.24, 2.45) is 0 Å². The highest BCUT2D eigenvalue weighted by Gasteiger charge is 2.10. The van der Waals surface area contributed by atoms with Crippen molar-refractivity contribution < 1.29 is 9.32 Å². The molecule has 2 aromatic rings. The van der Waals surface area contributed by atoms with Crippen LogP contribution in [0.2, 0.25) is 0 Å². The van der Waals surface area contributed by atoms with E-state index in [9.17, 15) is 4.79 Å². The zero-order valence-corrected chi connectivity index (χ0v) is 10.1. The Balaban J connectivity index is 2.28. The van der Waals surface area contributed by atoms with Gasteiger partial charge in [0, 0.05) is 22.4 Å². The molecule has 82 valence electrons. The van der Waals surface area contributed by atoms with Crippen LogP contribution in [-0.2, 0) is 11.2 Å². The van der Waals surface area contributed by atoms with Crippen LogP contribution in [0.15, 0.2) is 27.5 Å². The predicted octanol–water partition coefficient (Wildman–Crippen LogP) is 2.03. The number of carbonyl (C=O) groups excluding carboxylic acids is 1. The maximum atomic E-state index is 10.9. The Morgan fingerprint density at radius 2 is 2.31 bits per heavy atom. The highest BCUT2D eigenvalue weighted by Crippen LogP contribution is 2.18. The second-order valence-electron chi connectivity index (χ2n) is 3.28. The van der Waals surface area contributed by atoms with Crippen LogP contribution in [0.1, 0.15) is 12.8 Å². The average molecular weight is 282 g/mol. The zero-order valence-electron chi connectivity index (χ0n) is 8.48. The second kappa shape index (κ2) is 4.52. The molecule has 0 saturated carbocycles. The molecule has 2 rings (SSSR count). The van der Waals surface area contributed by atoms with Gasteiger partial charge in [0.05, 0.1) is 6.42 Å². The SMILES string of the molecule is CC(=O)Cc1nc(-c2cncc(Br)c2)no1. The number of Topliss-reactive ketones (excluding diaryl/α,β-unsaturated/α-hetero) is 1. The fraction of sp³-hybridized carbons (Fsp3) is 0.200. The number of hydrogen-bond donors (Lipinski definition) is 0. The van der Waals surface area contributed by atoms with E-state index in [1.807, 2.05) is 6.07 Å².